The second-order valence-corrected chi connectivity index (χ2v) is 5.07. The summed E-state index contributed by atoms with van der Waals surface area (Å²) in [5.41, 5.74) is 2.27. The van der Waals surface area contributed by atoms with E-state index in [1.165, 1.54) is 5.56 Å². The Morgan fingerprint density at radius 2 is 1.52 bits per heavy atom. The fraction of sp³-hybridized carbons (Fsp3) is 0.167. The summed E-state index contributed by atoms with van der Waals surface area (Å²) in [5.74, 6) is 0.631. The first-order chi connectivity index (χ1) is 10.3. The van der Waals surface area contributed by atoms with E-state index < -0.39 is 0 Å². The number of carbonyl (C=O) groups excluding carboxylic acids is 1. The monoisotopic (exact) mass is 279 g/mol. The summed E-state index contributed by atoms with van der Waals surface area (Å²) < 4.78 is 5.82. The molecule has 3 nitrogen and oxygen atoms in total. The number of rotatable bonds is 5. The largest absolute Gasteiger partial charge is 0.491 e. The highest BCUT2D eigenvalue weighted by atomic mass is 16.5. The van der Waals surface area contributed by atoms with Crippen molar-refractivity contribution in [3.8, 4) is 0 Å². The van der Waals surface area contributed by atoms with Gasteiger partial charge in [0.2, 0.25) is 5.91 Å². The van der Waals surface area contributed by atoms with Gasteiger partial charge in [-0.25, -0.2) is 0 Å². The van der Waals surface area contributed by atoms with Crippen LogP contribution in [-0.4, -0.2) is 11.9 Å². The van der Waals surface area contributed by atoms with Crippen LogP contribution in [0.1, 0.15) is 11.1 Å². The highest BCUT2D eigenvalue weighted by Crippen LogP contribution is 2.18. The third-order valence-corrected chi connectivity index (χ3v) is 3.46. The molecule has 0 saturated heterocycles. The van der Waals surface area contributed by atoms with Crippen molar-refractivity contribution in [2.45, 2.75) is 19.1 Å². The van der Waals surface area contributed by atoms with Gasteiger partial charge in [-0.3, -0.25) is 4.79 Å². The first kappa shape index (κ1) is 13.4. The molecule has 2 aromatic rings. The van der Waals surface area contributed by atoms with Crippen molar-refractivity contribution in [2.24, 2.45) is 0 Å². The molecule has 3 heteroatoms. The number of benzene rings is 2. The van der Waals surface area contributed by atoms with E-state index in [0.29, 0.717) is 12.4 Å². The van der Waals surface area contributed by atoms with Gasteiger partial charge in [-0.2, -0.15) is 0 Å². The molecule has 0 aromatic heterocycles. The minimum absolute atomic E-state index is 0.0800. The van der Waals surface area contributed by atoms with E-state index in [-0.39, 0.29) is 11.9 Å². The maximum absolute atomic E-state index is 11.6. The molecule has 106 valence electrons. The molecule has 0 bridgehead atoms. The zero-order valence-electron chi connectivity index (χ0n) is 11.7. The average Bonchev–Trinajstić information content (AvgIpc) is 2.87. The molecule has 1 aliphatic rings. The van der Waals surface area contributed by atoms with E-state index in [0.717, 1.165) is 12.0 Å². The Labute approximate surface area is 124 Å². The summed E-state index contributed by atoms with van der Waals surface area (Å²) >= 11 is 0. The average molecular weight is 279 g/mol. The van der Waals surface area contributed by atoms with E-state index in [1.807, 2.05) is 48.5 Å². The molecule has 2 aromatic carbocycles. The van der Waals surface area contributed by atoms with Crippen molar-refractivity contribution in [2.75, 3.05) is 0 Å². The van der Waals surface area contributed by atoms with Crippen LogP contribution in [0.4, 0.5) is 0 Å². The van der Waals surface area contributed by atoms with Crippen LogP contribution in [0.2, 0.25) is 0 Å². The summed E-state index contributed by atoms with van der Waals surface area (Å²) in [5, 5.41) is 2.93. The lowest BCUT2D eigenvalue weighted by molar-refractivity contribution is -0.116. The van der Waals surface area contributed by atoms with Gasteiger partial charge < -0.3 is 10.1 Å². The van der Waals surface area contributed by atoms with E-state index in [1.54, 1.807) is 6.08 Å². The van der Waals surface area contributed by atoms with Crippen molar-refractivity contribution < 1.29 is 9.53 Å². The molecule has 0 saturated carbocycles. The minimum atomic E-state index is -0.0843. The predicted molar refractivity (Wildman–Crippen MR) is 81.4 cm³/mol. The molecular formula is C18H17NO2. The van der Waals surface area contributed by atoms with Gasteiger partial charge in [-0.1, -0.05) is 60.7 Å². The lowest BCUT2D eigenvalue weighted by Crippen LogP contribution is -2.31. The molecule has 1 N–H and O–H groups in total. The van der Waals surface area contributed by atoms with Gasteiger partial charge in [0.1, 0.15) is 12.4 Å². The third kappa shape index (κ3) is 3.51. The highest BCUT2D eigenvalue weighted by molar-refractivity contribution is 5.91. The van der Waals surface area contributed by atoms with Crippen LogP contribution in [0, 0.1) is 0 Å². The van der Waals surface area contributed by atoms with E-state index >= 15 is 0 Å². The van der Waals surface area contributed by atoms with Crippen LogP contribution in [-0.2, 0) is 22.6 Å². The van der Waals surface area contributed by atoms with Gasteiger partial charge in [0.15, 0.2) is 0 Å². The Morgan fingerprint density at radius 1 is 0.905 bits per heavy atom. The molecule has 0 radical (unpaired) electrons. The zero-order chi connectivity index (χ0) is 14.5. The SMILES string of the molecule is O=C1C=C(OCc2ccccc2)[C@H](Cc2ccccc2)N1. The fourth-order valence-electron chi connectivity index (χ4n) is 2.40. The van der Waals surface area contributed by atoms with Gasteiger partial charge in [0.05, 0.1) is 6.04 Å². The number of hydrogen-bond donors (Lipinski definition) is 1. The van der Waals surface area contributed by atoms with Crippen molar-refractivity contribution >= 4 is 5.91 Å². The second-order valence-electron chi connectivity index (χ2n) is 5.07. The van der Waals surface area contributed by atoms with Crippen LogP contribution in [0.5, 0.6) is 0 Å². The number of hydrogen-bond acceptors (Lipinski definition) is 2. The van der Waals surface area contributed by atoms with Gasteiger partial charge >= 0.3 is 0 Å². The zero-order valence-corrected chi connectivity index (χ0v) is 11.7. The van der Waals surface area contributed by atoms with Crippen LogP contribution < -0.4 is 5.32 Å². The minimum Gasteiger partial charge on any atom is -0.491 e. The van der Waals surface area contributed by atoms with Crippen molar-refractivity contribution in [1.29, 1.82) is 0 Å². The van der Waals surface area contributed by atoms with Crippen LogP contribution in [0.15, 0.2) is 72.5 Å². The number of ether oxygens (including phenoxy) is 1. The first-order valence-corrected chi connectivity index (χ1v) is 7.04. The highest BCUT2D eigenvalue weighted by Gasteiger charge is 2.25. The summed E-state index contributed by atoms with van der Waals surface area (Å²) in [6, 6.07) is 20.0. The van der Waals surface area contributed by atoms with Crippen LogP contribution >= 0.6 is 0 Å². The summed E-state index contributed by atoms with van der Waals surface area (Å²) in [4.78, 5) is 11.6. The topological polar surface area (TPSA) is 38.3 Å². The van der Waals surface area contributed by atoms with Crippen molar-refractivity contribution in [1.82, 2.24) is 5.32 Å². The maximum atomic E-state index is 11.6. The lowest BCUT2D eigenvalue weighted by atomic mass is 10.1. The van der Waals surface area contributed by atoms with Gasteiger partial charge in [-0.15, -0.1) is 0 Å². The molecular weight excluding hydrogens is 262 g/mol. The maximum Gasteiger partial charge on any atom is 0.248 e. The molecule has 3 rings (SSSR count). The summed E-state index contributed by atoms with van der Waals surface area (Å²) in [7, 11) is 0. The van der Waals surface area contributed by atoms with Crippen molar-refractivity contribution in [3.63, 3.8) is 0 Å². The lowest BCUT2D eigenvalue weighted by Gasteiger charge is -2.16. The summed E-state index contributed by atoms with van der Waals surface area (Å²) in [6.45, 7) is 0.479. The molecule has 1 amide bonds. The first-order valence-electron chi connectivity index (χ1n) is 7.04. The fourth-order valence-corrected chi connectivity index (χ4v) is 2.40. The predicted octanol–water partition coefficient (Wildman–Crippen LogP) is 2.83. The molecule has 1 heterocycles. The quantitative estimate of drug-likeness (QED) is 0.914. The molecule has 0 aliphatic carbocycles. The second kappa shape index (κ2) is 6.27. The molecule has 21 heavy (non-hydrogen) atoms. The smallest absolute Gasteiger partial charge is 0.248 e. The molecule has 1 aliphatic heterocycles. The molecule has 1 atom stereocenters. The number of amides is 1. The Bertz CT molecular complexity index is 635. The van der Waals surface area contributed by atoms with Crippen molar-refractivity contribution in [3.05, 3.63) is 83.6 Å². The Morgan fingerprint density at radius 3 is 2.19 bits per heavy atom. The van der Waals surface area contributed by atoms with Crippen LogP contribution in [0.3, 0.4) is 0 Å². The van der Waals surface area contributed by atoms with Crippen LogP contribution in [0.25, 0.3) is 0 Å². The Balaban J connectivity index is 1.65. The van der Waals surface area contributed by atoms with E-state index in [9.17, 15) is 4.79 Å². The molecule has 0 unspecified atom stereocenters. The Kier molecular flexibility index (Phi) is 4.01. The standard InChI is InChI=1S/C18H17NO2/c20-18-12-17(21-13-15-9-5-2-6-10-15)16(19-18)11-14-7-3-1-4-8-14/h1-10,12,16H,11,13H2,(H,19,20)/t16-/m0/s1. The van der Waals surface area contributed by atoms with E-state index in [4.69, 9.17) is 4.74 Å². The van der Waals surface area contributed by atoms with Gasteiger partial charge in [-0.05, 0) is 17.5 Å². The molecule has 0 fully saturated rings. The number of nitrogens with one attached hydrogen (secondary N) is 1. The normalized spacial score (nSPS) is 17.2. The van der Waals surface area contributed by atoms with Gasteiger partial charge in [0, 0.05) is 6.08 Å². The van der Waals surface area contributed by atoms with Gasteiger partial charge in [0.25, 0.3) is 0 Å². The third-order valence-electron chi connectivity index (χ3n) is 3.46. The Hall–Kier alpha value is -2.55. The number of carbonyl (C=O) groups is 1. The molecule has 0 spiro atoms. The van der Waals surface area contributed by atoms with E-state index in [2.05, 4.69) is 17.4 Å². The summed E-state index contributed by atoms with van der Waals surface area (Å²) in [6.07, 6.45) is 2.30.